The molecule has 0 unspecified atom stereocenters. The lowest BCUT2D eigenvalue weighted by molar-refractivity contribution is 0.0980. The quantitative estimate of drug-likeness (QED) is 0.453. The summed E-state index contributed by atoms with van der Waals surface area (Å²) < 4.78 is 32.6. The van der Waals surface area contributed by atoms with Gasteiger partial charge in [-0.3, -0.25) is 4.79 Å². The van der Waals surface area contributed by atoms with Crippen LogP contribution in [0.15, 0.2) is 88.2 Å². The molecule has 4 nitrogen and oxygen atoms in total. The van der Waals surface area contributed by atoms with Crippen molar-refractivity contribution in [3.8, 4) is 5.75 Å². The van der Waals surface area contributed by atoms with Crippen LogP contribution in [-0.4, -0.2) is 21.3 Å². The molecule has 3 aromatic rings. The summed E-state index contributed by atoms with van der Waals surface area (Å²) in [6, 6.07) is 21.9. The number of rotatable bonds is 7. The predicted molar refractivity (Wildman–Crippen MR) is 112 cm³/mol. The third-order valence-electron chi connectivity index (χ3n) is 4.47. The van der Waals surface area contributed by atoms with Crippen LogP contribution in [0.1, 0.15) is 27.6 Å². The first-order valence-electron chi connectivity index (χ1n) is 8.63. The van der Waals surface area contributed by atoms with E-state index in [1.54, 1.807) is 86.0 Å². The first-order valence-corrected chi connectivity index (χ1v) is 11.0. The lowest BCUT2D eigenvalue weighted by Gasteiger charge is -2.18. The molecular weight excluding hydrogens is 440 g/mol. The Balaban J connectivity index is 2.01. The van der Waals surface area contributed by atoms with Crippen LogP contribution in [0.2, 0.25) is 0 Å². The number of carbonyl (C=O) groups is 1. The molecule has 28 heavy (non-hydrogen) atoms. The second-order valence-electron chi connectivity index (χ2n) is 6.25. The van der Waals surface area contributed by atoms with Gasteiger partial charge in [-0.15, -0.1) is 0 Å². The fraction of sp³-hybridized carbons (Fsp3) is 0.136. The van der Waals surface area contributed by atoms with Crippen molar-refractivity contribution in [2.45, 2.75) is 16.6 Å². The fourth-order valence-corrected chi connectivity index (χ4v) is 4.94. The Hall–Kier alpha value is -2.44. The van der Waals surface area contributed by atoms with E-state index in [1.165, 1.54) is 0 Å². The summed E-state index contributed by atoms with van der Waals surface area (Å²) in [6.45, 7) is 0. The highest BCUT2D eigenvalue weighted by atomic mass is 79.9. The van der Waals surface area contributed by atoms with Gasteiger partial charge in [0.2, 0.25) is 0 Å². The molecule has 3 aromatic carbocycles. The molecule has 0 bridgehead atoms. The normalized spacial score (nSPS) is 12.4. The summed E-state index contributed by atoms with van der Waals surface area (Å²) in [7, 11) is -2.21. The van der Waals surface area contributed by atoms with E-state index in [1.807, 2.05) is 0 Å². The first kappa shape index (κ1) is 20.3. The summed E-state index contributed by atoms with van der Waals surface area (Å²) in [6.07, 6.45) is -0.148. The molecule has 144 valence electrons. The number of halogens is 1. The summed E-state index contributed by atoms with van der Waals surface area (Å²) in [5.74, 6) is 0.395. The minimum Gasteiger partial charge on any atom is -0.497 e. The van der Waals surface area contributed by atoms with Gasteiger partial charge in [-0.2, -0.15) is 0 Å². The molecule has 0 fully saturated rings. The molecule has 0 aliphatic heterocycles. The number of carbonyl (C=O) groups excluding carboxylic acids is 1. The van der Waals surface area contributed by atoms with Crippen molar-refractivity contribution < 1.29 is 17.9 Å². The van der Waals surface area contributed by atoms with Gasteiger partial charge in [0, 0.05) is 16.5 Å². The maximum atomic E-state index is 13.3. The van der Waals surface area contributed by atoms with Gasteiger partial charge in [-0.1, -0.05) is 58.4 Å². The van der Waals surface area contributed by atoms with Crippen molar-refractivity contribution in [2.24, 2.45) is 0 Å². The Labute approximate surface area is 173 Å². The minimum absolute atomic E-state index is 0.148. The van der Waals surface area contributed by atoms with E-state index in [-0.39, 0.29) is 17.1 Å². The molecule has 0 spiro atoms. The number of benzene rings is 3. The molecule has 0 aromatic heterocycles. The van der Waals surface area contributed by atoms with Crippen molar-refractivity contribution in [2.75, 3.05) is 7.11 Å². The zero-order valence-corrected chi connectivity index (χ0v) is 17.6. The van der Waals surface area contributed by atoms with Gasteiger partial charge in [0.05, 0.1) is 17.3 Å². The Morgan fingerprint density at radius 1 is 0.929 bits per heavy atom. The molecule has 0 radical (unpaired) electrons. The molecule has 6 heteroatoms. The first-order chi connectivity index (χ1) is 13.4. The fourth-order valence-electron chi connectivity index (χ4n) is 2.92. The van der Waals surface area contributed by atoms with E-state index in [9.17, 15) is 13.2 Å². The maximum Gasteiger partial charge on any atom is 0.185 e. The summed E-state index contributed by atoms with van der Waals surface area (Å²) in [5.41, 5.74) is 1.03. The van der Waals surface area contributed by atoms with Crippen molar-refractivity contribution in [3.63, 3.8) is 0 Å². The van der Waals surface area contributed by atoms with E-state index in [2.05, 4.69) is 15.9 Å². The number of methoxy groups -OCH3 is 1. The second-order valence-corrected chi connectivity index (χ2v) is 9.30. The number of Topliss-reactive ketones (excluding diaryl/α,β-unsaturated/α-hetero) is 1. The molecule has 0 aliphatic rings. The largest absolute Gasteiger partial charge is 0.497 e. The highest BCUT2D eigenvalue weighted by Crippen LogP contribution is 2.34. The van der Waals surface area contributed by atoms with Crippen LogP contribution in [0.5, 0.6) is 5.75 Å². The van der Waals surface area contributed by atoms with Gasteiger partial charge in [0.1, 0.15) is 5.75 Å². The summed E-state index contributed by atoms with van der Waals surface area (Å²) in [5, 5.41) is -0.989. The van der Waals surface area contributed by atoms with Crippen LogP contribution in [0.25, 0.3) is 0 Å². The Morgan fingerprint density at radius 3 is 2.11 bits per heavy atom. The standard InChI is InChI=1S/C22H19BrO4S/c1-27-19-13-9-17(10-14-19)22(28(25,26)20-5-3-2-4-6-20)15-21(24)16-7-11-18(23)12-8-16/h2-14,22H,15H2,1H3/t22-/m1/s1. The van der Waals surface area contributed by atoms with Gasteiger partial charge in [0.15, 0.2) is 15.6 Å². The number of sulfone groups is 1. The third kappa shape index (κ3) is 4.51. The molecule has 0 heterocycles. The molecule has 0 saturated carbocycles. The van der Waals surface area contributed by atoms with Crippen LogP contribution < -0.4 is 4.74 Å². The van der Waals surface area contributed by atoms with Crippen LogP contribution in [0.4, 0.5) is 0 Å². The van der Waals surface area contributed by atoms with Crippen LogP contribution in [-0.2, 0) is 9.84 Å². The minimum atomic E-state index is -3.76. The molecule has 0 saturated heterocycles. The topological polar surface area (TPSA) is 60.4 Å². The van der Waals surface area contributed by atoms with Crippen LogP contribution in [0.3, 0.4) is 0 Å². The van der Waals surface area contributed by atoms with Crippen LogP contribution >= 0.6 is 15.9 Å². The van der Waals surface area contributed by atoms with E-state index in [4.69, 9.17) is 4.74 Å². The summed E-state index contributed by atoms with van der Waals surface area (Å²) in [4.78, 5) is 13.0. The van der Waals surface area contributed by atoms with E-state index < -0.39 is 15.1 Å². The molecule has 1 atom stereocenters. The van der Waals surface area contributed by atoms with Crippen molar-refractivity contribution in [1.29, 1.82) is 0 Å². The zero-order chi connectivity index (χ0) is 20.1. The monoisotopic (exact) mass is 458 g/mol. The van der Waals surface area contributed by atoms with E-state index in [0.717, 1.165) is 4.47 Å². The second kappa shape index (κ2) is 8.71. The van der Waals surface area contributed by atoms with Crippen molar-refractivity contribution >= 4 is 31.6 Å². The average molecular weight is 459 g/mol. The van der Waals surface area contributed by atoms with Crippen molar-refractivity contribution in [3.05, 3.63) is 94.5 Å². The number of hydrogen-bond donors (Lipinski definition) is 0. The maximum absolute atomic E-state index is 13.3. The SMILES string of the molecule is COc1ccc([C@@H](CC(=O)c2ccc(Br)cc2)S(=O)(=O)c2ccccc2)cc1. The van der Waals surface area contributed by atoms with Gasteiger partial charge in [-0.05, 0) is 42.0 Å². The summed E-state index contributed by atoms with van der Waals surface area (Å²) >= 11 is 3.34. The lowest BCUT2D eigenvalue weighted by atomic mass is 10.0. The van der Waals surface area contributed by atoms with E-state index in [0.29, 0.717) is 16.9 Å². The number of hydrogen-bond acceptors (Lipinski definition) is 4. The van der Waals surface area contributed by atoms with Crippen molar-refractivity contribution in [1.82, 2.24) is 0 Å². The third-order valence-corrected chi connectivity index (χ3v) is 7.12. The molecule has 0 amide bonds. The van der Waals surface area contributed by atoms with Gasteiger partial charge in [-0.25, -0.2) is 8.42 Å². The number of ether oxygens (including phenoxy) is 1. The predicted octanol–water partition coefficient (Wildman–Crippen LogP) is 5.25. The smallest absolute Gasteiger partial charge is 0.185 e. The molecule has 0 aliphatic carbocycles. The van der Waals surface area contributed by atoms with E-state index >= 15 is 0 Å². The molecule has 0 N–H and O–H groups in total. The molecular formula is C22H19BrO4S. The zero-order valence-electron chi connectivity index (χ0n) is 15.2. The highest BCUT2D eigenvalue weighted by Gasteiger charge is 2.31. The lowest BCUT2D eigenvalue weighted by Crippen LogP contribution is -2.18. The van der Waals surface area contributed by atoms with Gasteiger partial charge < -0.3 is 4.74 Å². The Kier molecular flexibility index (Phi) is 6.31. The van der Waals surface area contributed by atoms with Crippen LogP contribution in [0, 0.1) is 0 Å². The Bertz CT molecular complexity index is 1040. The number of ketones is 1. The average Bonchev–Trinajstić information content (AvgIpc) is 2.73. The molecule has 3 rings (SSSR count). The van der Waals surface area contributed by atoms with Gasteiger partial charge in [0.25, 0.3) is 0 Å². The van der Waals surface area contributed by atoms with Gasteiger partial charge >= 0.3 is 0 Å². The highest BCUT2D eigenvalue weighted by molar-refractivity contribution is 9.10. The Morgan fingerprint density at radius 2 is 1.54 bits per heavy atom.